The number of nitrogens with one attached hydrogen (secondary N) is 14. The lowest BCUT2D eigenvalue weighted by atomic mass is 9.86. The molecule has 1 aliphatic heterocycles. The minimum Gasteiger partial charge on any atom is -0.444 e. The summed E-state index contributed by atoms with van der Waals surface area (Å²) in [5.41, 5.74) is 3.23. The van der Waals surface area contributed by atoms with Gasteiger partial charge in [-0.1, -0.05) is 126 Å². The molecule has 1 fully saturated rings. The Morgan fingerprint density at radius 1 is 0.629 bits per heavy atom. The molecular weight excluding hydrogens is 1280 g/mol. The molecule has 0 radical (unpaired) electrons. The van der Waals surface area contributed by atoms with Crippen molar-refractivity contribution in [2.75, 3.05) is 26.3 Å². The van der Waals surface area contributed by atoms with Crippen LogP contribution in [0.25, 0.3) is 0 Å². The van der Waals surface area contributed by atoms with E-state index in [4.69, 9.17) is 15.9 Å². The fourth-order valence-corrected chi connectivity index (χ4v) is 11.6. The number of hydrogen-bond acceptors (Lipinski definition) is 18. The SMILES string of the molecule is CC[C@H](C)[C@@H]1NC(=O)[C@@H](CCCNC(=N)N)NC(=O)[C@H](C[Si](C)(C)C)NC(=O)[C@H]([C@H](O)C(C)C)NC(=O)[C@@H](NC(=O)[C@H](CC(C)(C)C)NC(=O)[C@@H](CC(C)(C)C)NC(=O)OC(C)(C)C)[C@@H](c2ccccc2)NC(=O)C(CO)NC(=O)[C@H](CO)NC(=O)CNC(=O)[C@H]([C@H](C)O)NC1=O. The predicted molar refractivity (Wildman–Crippen MR) is 362 cm³/mol. The highest BCUT2D eigenvalue weighted by molar-refractivity contribution is 6.76. The molecule has 0 aromatic heterocycles. The molecule has 12 amide bonds. The number of hydrogen-bond donors (Lipinski definition) is 19. The van der Waals surface area contributed by atoms with E-state index in [2.05, 4.69) is 69.1 Å². The van der Waals surface area contributed by atoms with Crippen molar-refractivity contribution >= 4 is 85.1 Å². The van der Waals surface area contributed by atoms with Crippen molar-refractivity contribution < 1.29 is 82.7 Å². The minimum absolute atomic E-state index is 0.0280. The Balaban J connectivity index is 3.17. The van der Waals surface area contributed by atoms with E-state index in [1.54, 1.807) is 61.5 Å². The predicted octanol–water partition coefficient (Wildman–Crippen LogP) is -1.87. The highest BCUT2D eigenvalue weighted by Crippen LogP contribution is 2.26. The normalized spacial score (nSPS) is 23.9. The third-order valence-corrected chi connectivity index (χ3v) is 16.9. The molecule has 32 nitrogen and oxygen atoms in total. The van der Waals surface area contributed by atoms with E-state index in [0.29, 0.717) is 0 Å². The second-order valence-electron chi connectivity index (χ2n) is 29.6. The maximum absolute atomic E-state index is 15.7. The van der Waals surface area contributed by atoms with E-state index in [9.17, 15) is 63.6 Å². The van der Waals surface area contributed by atoms with Crippen molar-refractivity contribution in [2.24, 2.45) is 28.4 Å². The average molecular weight is 1390 g/mol. The van der Waals surface area contributed by atoms with Crippen molar-refractivity contribution in [3.05, 3.63) is 35.9 Å². The number of aliphatic hydroxyl groups is 4. The van der Waals surface area contributed by atoms with Crippen molar-refractivity contribution in [1.82, 2.24) is 69.1 Å². The van der Waals surface area contributed by atoms with Crippen LogP contribution in [0.2, 0.25) is 25.7 Å². The van der Waals surface area contributed by atoms with Crippen LogP contribution in [0, 0.1) is 28.1 Å². The van der Waals surface area contributed by atoms with E-state index >= 15 is 14.4 Å². The number of rotatable bonds is 21. The van der Waals surface area contributed by atoms with Crippen LogP contribution in [0.15, 0.2) is 30.3 Å². The van der Waals surface area contributed by atoms with Gasteiger partial charge in [0, 0.05) is 14.6 Å². The summed E-state index contributed by atoms with van der Waals surface area (Å²) in [5, 5.41) is 84.5. The smallest absolute Gasteiger partial charge is 0.408 e. The Kier molecular flexibility index (Phi) is 33.5. The highest BCUT2D eigenvalue weighted by Gasteiger charge is 2.43. The van der Waals surface area contributed by atoms with Gasteiger partial charge in [0.2, 0.25) is 65.0 Å². The van der Waals surface area contributed by atoms with Gasteiger partial charge in [-0.15, -0.1) is 0 Å². The fourth-order valence-electron chi connectivity index (χ4n) is 10.1. The number of nitrogens with two attached hydrogens (primary N) is 1. The topological polar surface area (TPSA) is 501 Å². The maximum Gasteiger partial charge on any atom is 0.408 e. The van der Waals surface area contributed by atoms with Gasteiger partial charge in [-0.05, 0) is 87.7 Å². The lowest BCUT2D eigenvalue weighted by Gasteiger charge is -2.35. The first-order valence-corrected chi connectivity index (χ1v) is 36.4. The fraction of sp³-hybridized carbons (Fsp3) is 0.703. The Labute approximate surface area is 569 Å². The molecule has 1 aliphatic rings. The average Bonchev–Trinajstić information content (AvgIpc) is 0.834. The van der Waals surface area contributed by atoms with Crippen molar-refractivity contribution in [2.45, 2.75) is 239 Å². The first-order valence-electron chi connectivity index (χ1n) is 32.7. The Morgan fingerprint density at radius 3 is 1.62 bits per heavy atom. The van der Waals surface area contributed by atoms with Gasteiger partial charge < -0.3 is 100 Å². The van der Waals surface area contributed by atoms with Crippen LogP contribution in [-0.4, -0.2) is 210 Å². The summed E-state index contributed by atoms with van der Waals surface area (Å²) < 4.78 is 5.48. The van der Waals surface area contributed by atoms with E-state index in [1.165, 1.54) is 38.1 Å². The summed E-state index contributed by atoms with van der Waals surface area (Å²) in [7, 11) is -2.50. The van der Waals surface area contributed by atoms with E-state index < -0.39 is 212 Å². The van der Waals surface area contributed by atoms with Crippen molar-refractivity contribution in [3.8, 4) is 0 Å². The van der Waals surface area contributed by atoms with Gasteiger partial charge in [0.15, 0.2) is 5.96 Å². The van der Waals surface area contributed by atoms with E-state index in [1.807, 2.05) is 40.4 Å². The van der Waals surface area contributed by atoms with Gasteiger partial charge in [0.1, 0.15) is 66.0 Å². The number of ether oxygens (including phenoxy) is 1. The van der Waals surface area contributed by atoms with Crippen LogP contribution in [0.5, 0.6) is 0 Å². The van der Waals surface area contributed by atoms with Crippen LogP contribution in [0.1, 0.15) is 141 Å². The largest absolute Gasteiger partial charge is 0.444 e. The van der Waals surface area contributed by atoms with Crippen LogP contribution in [-0.2, 0) is 57.5 Å². The van der Waals surface area contributed by atoms with Crippen molar-refractivity contribution in [3.63, 3.8) is 0 Å². The molecule has 14 atom stereocenters. The second kappa shape index (κ2) is 38.2. The summed E-state index contributed by atoms with van der Waals surface area (Å²) >= 11 is 0. The monoisotopic (exact) mass is 1390 g/mol. The quantitative estimate of drug-likeness (QED) is 0.0278. The molecule has 1 heterocycles. The number of aliphatic hydroxyl groups excluding tert-OH is 4. The molecular formula is C64H111N15O17Si. The second-order valence-corrected chi connectivity index (χ2v) is 35.2. The van der Waals surface area contributed by atoms with Gasteiger partial charge in [-0.25, -0.2) is 4.79 Å². The third-order valence-electron chi connectivity index (χ3n) is 15.2. The molecule has 1 aromatic carbocycles. The molecule has 0 saturated carbocycles. The van der Waals surface area contributed by atoms with Crippen LogP contribution >= 0.6 is 0 Å². The summed E-state index contributed by atoms with van der Waals surface area (Å²) in [5.74, 6) is -13.9. The van der Waals surface area contributed by atoms with E-state index in [-0.39, 0.29) is 50.3 Å². The molecule has 0 bridgehead atoms. The zero-order valence-corrected chi connectivity index (χ0v) is 60.3. The molecule has 33 heteroatoms. The molecule has 2 rings (SSSR count). The summed E-state index contributed by atoms with van der Waals surface area (Å²) in [6.45, 7) is 25.5. The van der Waals surface area contributed by atoms with Crippen molar-refractivity contribution in [1.29, 1.82) is 5.41 Å². The number of carbonyl (C=O) groups excluding carboxylic acids is 12. The molecule has 1 unspecified atom stereocenters. The third kappa shape index (κ3) is 30.5. The zero-order chi connectivity index (χ0) is 74.2. The van der Waals surface area contributed by atoms with Crippen LogP contribution in [0.4, 0.5) is 4.79 Å². The molecule has 20 N–H and O–H groups in total. The number of carbonyl (C=O) groups is 12. The first-order chi connectivity index (χ1) is 44.7. The Morgan fingerprint density at radius 2 is 1.11 bits per heavy atom. The molecule has 0 spiro atoms. The number of alkyl carbamates (subject to hydrolysis) is 1. The van der Waals surface area contributed by atoms with Crippen LogP contribution < -0.4 is 74.9 Å². The number of amides is 12. The summed E-state index contributed by atoms with van der Waals surface area (Å²) in [6, 6.07) is -11.5. The lowest BCUT2D eigenvalue weighted by Crippen LogP contribution is -2.65. The molecule has 548 valence electrons. The van der Waals surface area contributed by atoms with E-state index in [0.717, 1.165) is 6.92 Å². The molecule has 0 aliphatic carbocycles. The molecule has 1 saturated heterocycles. The molecule has 97 heavy (non-hydrogen) atoms. The number of benzene rings is 1. The van der Waals surface area contributed by atoms with Gasteiger partial charge in [-0.2, -0.15) is 0 Å². The van der Waals surface area contributed by atoms with Gasteiger partial charge >= 0.3 is 6.09 Å². The van der Waals surface area contributed by atoms with Crippen LogP contribution in [0.3, 0.4) is 0 Å². The number of guanidine groups is 1. The standard InChI is InChI=1S/C64H111N15O17Si/c1-18-34(4)44-57(92)76-45(35(5)82)56(91)68-29-43(83)69-40(30-80)53(88)72-41(31-81)54(89)77-46(36-23-20-19-21-24-36)47(78-52(87)38(27-62(6,7)8)71-51(86)39(28-63(9,10)11)74-61(95)96-64(12,13)14)58(93)79-48(49(84)33(2)3)59(94)73-42(32-97(15,16)17)55(90)70-37(50(85)75-44)25-22-26-67-60(65)66/h19-21,23-24,33-35,37-42,44-49,80-82,84H,18,22,25-32H2,1-17H3,(H,68,91)(H,69,83)(H,70,90)(H,71,86)(H,72,88)(H,73,94)(H,74,95)(H,75,85)(H,76,92)(H,77,89)(H,78,87)(H,79,93)(H4,65,66,67)/t34-,35-,37+,38-,39+,40-,41?,42-,44-,45-,46+,47-,48-,49+/m0/s1. The molecule has 1 aromatic rings. The minimum atomic E-state index is -2.50. The van der Waals surface area contributed by atoms with Gasteiger partial charge in [-0.3, -0.25) is 58.1 Å². The zero-order valence-electron chi connectivity index (χ0n) is 59.3. The maximum atomic E-state index is 15.7. The first kappa shape index (κ1) is 85.1. The van der Waals surface area contributed by atoms with Gasteiger partial charge in [0.25, 0.3) is 0 Å². The Bertz CT molecular complexity index is 2880. The van der Waals surface area contributed by atoms with Gasteiger partial charge in [0.05, 0.1) is 38.0 Å². The highest BCUT2D eigenvalue weighted by atomic mass is 28.3. The summed E-state index contributed by atoms with van der Waals surface area (Å²) in [4.78, 5) is 173. The summed E-state index contributed by atoms with van der Waals surface area (Å²) in [6.07, 6.45) is -4.32. The lowest BCUT2D eigenvalue weighted by molar-refractivity contribution is -0.139. The Hall–Kier alpha value is -8.01.